The summed E-state index contributed by atoms with van der Waals surface area (Å²) >= 11 is 1.57. The maximum Gasteiger partial charge on any atom is 0.321 e. The Labute approximate surface area is 144 Å². The van der Waals surface area contributed by atoms with Crippen molar-refractivity contribution in [2.75, 3.05) is 57.9 Å². The summed E-state index contributed by atoms with van der Waals surface area (Å²) in [5.41, 5.74) is 3.56. The van der Waals surface area contributed by atoms with Crippen LogP contribution >= 0.6 is 11.3 Å². The van der Waals surface area contributed by atoms with Crippen LogP contribution in [0.2, 0.25) is 0 Å². The number of benzene rings is 1. The molecule has 0 unspecified atom stereocenters. The lowest BCUT2D eigenvalue weighted by atomic mass is 10.3. The number of rotatable bonds is 6. The Morgan fingerprint density at radius 2 is 2.12 bits per heavy atom. The highest BCUT2D eigenvalue weighted by molar-refractivity contribution is 7.16. The molecule has 2 aromatic rings. The number of ether oxygens (including phenoxy) is 1. The molecule has 2 amide bonds. The van der Waals surface area contributed by atoms with Crippen molar-refractivity contribution in [3.05, 3.63) is 23.7 Å². The summed E-state index contributed by atoms with van der Waals surface area (Å²) in [6.07, 6.45) is 0. The van der Waals surface area contributed by atoms with Crippen molar-refractivity contribution in [2.24, 2.45) is 0 Å². The second-order valence-electron chi connectivity index (χ2n) is 5.63. The molecule has 1 aromatic heterocycles. The maximum absolute atomic E-state index is 12.4. The van der Waals surface area contributed by atoms with E-state index < -0.39 is 0 Å². The highest BCUT2D eigenvalue weighted by Crippen LogP contribution is 2.22. The summed E-state index contributed by atoms with van der Waals surface area (Å²) in [6.45, 7) is 4.96. The van der Waals surface area contributed by atoms with Crippen molar-refractivity contribution in [3.8, 4) is 0 Å². The predicted molar refractivity (Wildman–Crippen MR) is 94.6 cm³/mol. The van der Waals surface area contributed by atoms with Crippen LogP contribution in [0.4, 0.5) is 10.5 Å². The fraction of sp³-hybridized carbons (Fsp3) is 0.500. The Bertz CT molecular complexity index is 670. The summed E-state index contributed by atoms with van der Waals surface area (Å²) < 4.78 is 6.35. The minimum atomic E-state index is -0.0601. The van der Waals surface area contributed by atoms with Crippen molar-refractivity contribution in [1.29, 1.82) is 0 Å². The molecule has 1 saturated heterocycles. The van der Waals surface area contributed by atoms with Crippen molar-refractivity contribution in [3.63, 3.8) is 0 Å². The van der Waals surface area contributed by atoms with E-state index >= 15 is 0 Å². The minimum absolute atomic E-state index is 0.0568. The van der Waals surface area contributed by atoms with Crippen LogP contribution in [-0.2, 0) is 4.74 Å². The van der Waals surface area contributed by atoms with E-state index in [1.54, 1.807) is 16.8 Å². The maximum atomic E-state index is 12.4. The average Bonchev–Trinajstić information content (AvgIpc) is 3.07. The number of aliphatic hydroxyl groups is 1. The molecule has 7 nitrogen and oxygen atoms in total. The molecule has 2 N–H and O–H groups in total. The summed E-state index contributed by atoms with van der Waals surface area (Å²) in [6, 6.07) is 5.70. The fourth-order valence-corrected chi connectivity index (χ4v) is 3.39. The number of hydrogen-bond acceptors (Lipinski definition) is 6. The van der Waals surface area contributed by atoms with Crippen molar-refractivity contribution < 1.29 is 14.6 Å². The molecule has 1 aliphatic rings. The monoisotopic (exact) mass is 350 g/mol. The Morgan fingerprint density at radius 3 is 2.92 bits per heavy atom. The number of carbonyl (C=O) groups is 1. The lowest BCUT2D eigenvalue weighted by Gasteiger charge is -2.34. The molecule has 8 heteroatoms. The number of thiazole rings is 1. The summed E-state index contributed by atoms with van der Waals surface area (Å²) in [5, 5.41) is 11.6. The first kappa shape index (κ1) is 17.1. The quantitative estimate of drug-likeness (QED) is 0.771. The highest BCUT2D eigenvalue weighted by atomic mass is 32.1. The third-order valence-corrected chi connectivity index (χ3v) is 4.82. The second kappa shape index (κ2) is 8.39. The minimum Gasteiger partial charge on any atom is -0.394 e. The first-order valence-electron chi connectivity index (χ1n) is 8.06. The molecule has 0 bridgehead atoms. The molecule has 3 rings (SSSR count). The molecule has 24 heavy (non-hydrogen) atoms. The highest BCUT2D eigenvalue weighted by Gasteiger charge is 2.20. The van der Waals surface area contributed by atoms with Gasteiger partial charge in [0, 0.05) is 38.4 Å². The van der Waals surface area contributed by atoms with Gasteiger partial charge in [-0.3, -0.25) is 4.90 Å². The van der Waals surface area contributed by atoms with E-state index in [1.165, 1.54) is 0 Å². The zero-order chi connectivity index (χ0) is 16.8. The molecule has 2 heterocycles. The van der Waals surface area contributed by atoms with E-state index in [1.807, 2.05) is 23.1 Å². The average molecular weight is 350 g/mol. The zero-order valence-electron chi connectivity index (χ0n) is 13.5. The van der Waals surface area contributed by atoms with E-state index in [9.17, 15) is 4.79 Å². The third kappa shape index (κ3) is 4.41. The van der Waals surface area contributed by atoms with Gasteiger partial charge in [-0.1, -0.05) is 0 Å². The van der Waals surface area contributed by atoms with Crippen LogP contribution in [0.5, 0.6) is 0 Å². The topological polar surface area (TPSA) is 77.9 Å². The van der Waals surface area contributed by atoms with Crippen molar-refractivity contribution >= 4 is 33.3 Å². The molecule has 0 radical (unpaired) electrons. The van der Waals surface area contributed by atoms with Gasteiger partial charge in [0.25, 0.3) is 0 Å². The number of amides is 2. The molecule has 1 aromatic carbocycles. The Hall–Kier alpha value is -1.74. The number of anilines is 1. The lowest BCUT2D eigenvalue weighted by molar-refractivity contribution is 0.0627. The molecule has 130 valence electrons. The number of hydrogen-bond donors (Lipinski definition) is 2. The van der Waals surface area contributed by atoms with E-state index in [0.29, 0.717) is 26.3 Å². The van der Waals surface area contributed by atoms with Gasteiger partial charge in [-0.25, -0.2) is 9.78 Å². The van der Waals surface area contributed by atoms with Gasteiger partial charge >= 0.3 is 6.03 Å². The van der Waals surface area contributed by atoms with E-state index in [2.05, 4.69) is 15.2 Å². The van der Waals surface area contributed by atoms with E-state index in [4.69, 9.17) is 9.84 Å². The van der Waals surface area contributed by atoms with E-state index in [-0.39, 0.29) is 12.6 Å². The number of nitrogens with one attached hydrogen (secondary N) is 1. The van der Waals surface area contributed by atoms with Crippen LogP contribution in [-0.4, -0.2) is 78.5 Å². The molecule has 0 spiro atoms. The van der Waals surface area contributed by atoms with Gasteiger partial charge in [0.1, 0.15) is 0 Å². The fourth-order valence-electron chi connectivity index (χ4n) is 2.67. The van der Waals surface area contributed by atoms with Gasteiger partial charge in [0.05, 0.1) is 35.5 Å². The molecular formula is C16H22N4O3S. The first-order valence-corrected chi connectivity index (χ1v) is 8.94. The smallest absolute Gasteiger partial charge is 0.321 e. The normalized spacial score (nSPS) is 15.8. The number of nitrogens with zero attached hydrogens (tertiary/aromatic N) is 3. The molecular weight excluding hydrogens is 328 g/mol. The zero-order valence-corrected chi connectivity index (χ0v) is 14.3. The van der Waals surface area contributed by atoms with Gasteiger partial charge in [0.2, 0.25) is 0 Å². The standard InChI is InChI=1S/C16H22N4O3S/c21-8-10-23-9-7-19-3-5-20(6-4-19)16(22)18-13-1-2-14-15(11-13)24-12-17-14/h1-2,11-12,21H,3-10H2,(H,18,22). The number of piperazine rings is 1. The first-order chi connectivity index (χ1) is 11.8. The van der Waals surface area contributed by atoms with Crippen LogP contribution in [0.25, 0.3) is 10.2 Å². The van der Waals surface area contributed by atoms with Gasteiger partial charge in [-0.15, -0.1) is 11.3 Å². The Balaban J connectivity index is 1.44. The van der Waals surface area contributed by atoms with Crippen molar-refractivity contribution in [2.45, 2.75) is 0 Å². The lowest BCUT2D eigenvalue weighted by Crippen LogP contribution is -2.50. The summed E-state index contributed by atoms with van der Waals surface area (Å²) in [5.74, 6) is 0. The predicted octanol–water partition coefficient (Wildman–Crippen LogP) is 1.45. The largest absolute Gasteiger partial charge is 0.394 e. The van der Waals surface area contributed by atoms with Crippen LogP contribution in [0.3, 0.4) is 0 Å². The van der Waals surface area contributed by atoms with Gasteiger partial charge in [-0.2, -0.15) is 0 Å². The van der Waals surface area contributed by atoms with Gasteiger partial charge in [0.15, 0.2) is 0 Å². The van der Waals surface area contributed by atoms with Crippen LogP contribution < -0.4 is 5.32 Å². The van der Waals surface area contributed by atoms with Crippen molar-refractivity contribution in [1.82, 2.24) is 14.8 Å². The Morgan fingerprint density at radius 1 is 1.29 bits per heavy atom. The molecule has 0 saturated carbocycles. The Kier molecular flexibility index (Phi) is 5.97. The van der Waals surface area contributed by atoms with Crippen LogP contribution in [0.1, 0.15) is 0 Å². The summed E-state index contributed by atoms with van der Waals surface area (Å²) in [4.78, 5) is 20.7. The number of aliphatic hydroxyl groups excluding tert-OH is 1. The summed E-state index contributed by atoms with van der Waals surface area (Å²) in [7, 11) is 0. The number of fused-ring (bicyclic) bond motifs is 1. The van der Waals surface area contributed by atoms with Crippen LogP contribution in [0.15, 0.2) is 23.7 Å². The number of carbonyl (C=O) groups excluding carboxylic acids is 1. The number of urea groups is 1. The van der Waals surface area contributed by atoms with Gasteiger partial charge in [-0.05, 0) is 18.2 Å². The van der Waals surface area contributed by atoms with Crippen LogP contribution in [0, 0.1) is 0 Å². The molecule has 1 aliphatic heterocycles. The molecule has 0 aliphatic carbocycles. The van der Waals surface area contributed by atoms with E-state index in [0.717, 1.165) is 35.5 Å². The van der Waals surface area contributed by atoms with Gasteiger partial charge < -0.3 is 20.1 Å². The second-order valence-corrected chi connectivity index (χ2v) is 6.52. The molecule has 1 fully saturated rings. The SMILES string of the molecule is O=C(Nc1ccc2ncsc2c1)N1CCN(CCOCCO)CC1. The third-order valence-electron chi connectivity index (χ3n) is 4.03. The number of aromatic nitrogens is 1. The molecule has 0 atom stereocenters.